The maximum atomic E-state index is 12.8. The van der Waals surface area contributed by atoms with Crippen molar-refractivity contribution in [2.24, 2.45) is 23.7 Å². The van der Waals surface area contributed by atoms with Gasteiger partial charge in [0.25, 0.3) is 0 Å². The Labute approximate surface area is 375 Å². The highest BCUT2D eigenvalue weighted by Gasteiger charge is 2.37. The Bertz CT molecular complexity index is 1110. The van der Waals surface area contributed by atoms with E-state index in [0.29, 0.717) is 39.0 Å². The fourth-order valence-electron chi connectivity index (χ4n) is 8.63. The maximum absolute atomic E-state index is 12.8. The first-order valence-electron chi connectivity index (χ1n) is 25.8. The summed E-state index contributed by atoms with van der Waals surface area (Å²) in [5, 5.41) is 10.0. The lowest BCUT2D eigenvalue weighted by Crippen LogP contribution is -2.40. The Hall–Kier alpha value is -2.36. The van der Waals surface area contributed by atoms with Crippen molar-refractivity contribution in [1.29, 1.82) is 0 Å². The Balaban J connectivity index is 1.37. The number of hydrogen-bond acceptors (Lipinski definition) is 7. The van der Waals surface area contributed by atoms with Crippen LogP contribution in [0.25, 0.3) is 0 Å². The van der Waals surface area contributed by atoms with Gasteiger partial charge in [-0.05, 0) is 37.5 Å². The molecule has 0 aromatic heterocycles. The van der Waals surface area contributed by atoms with Crippen LogP contribution in [0.1, 0.15) is 207 Å². The molecule has 0 aromatic carbocycles. The third-order valence-corrected chi connectivity index (χ3v) is 12.6. The molecule has 4 amide bonds. The molecule has 0 aliphatic carbocycles. The summed E-state index contributed by atoms with van der Waals surface area (Å²) in [6.45, 7) is 14.3. The molecule has 3 N–H and O–H groups in total. The van der Waals surface area contributed by atoms with Gasteiger partial charge in [-0.3, -0.25) is 29.0 Å². The second-order valence-electron chi connectivity index (χ2n) is 19.2. The molecule has 0 radical (unpaired) electrons. The van der Waals surface area contributed by atoms with E-state index in [1.807, 2.05) is 12.2 Å². The monoisotopic (exact) mass is 854 g/mol. The van der Waals surface area contributed by atoms with Gasteiger partial charge in [0.05, 0.1) is 11.8 Å². The Morgan fingerprint density at radius 3 is 1.02 bits per heavy atom. The zero-order valence-corrected chi connectivity index (χ0v) is 40.1. The molecule has 9 heteroatoms. The number of amides is 4. The molecule has 0 aromatic rings. The van der Waals surface area contributed by atoms with E-state index in [4.69, 9.17) is 0 Å². The van der Waals surface area contributed by atoms with E-state index in [2.05, 4.69) is 55.8 Å². The third-order valence-electron chi connectivity index (χ3n) is 12.6. The number of allylic oxidation sites excluding steroid dienone is 2. The highest BCUT2D eigenvalue weighted by atomic mass is 16.2. The summed E-state index contributed by atoms with van der Waals surface area (Å²) < 4.78 is 0. The van der Waals surface area contributed by atoms with Crippen LogP contribution in [0.2, 0.25) is 0 Å². The van der Waals surface area contributed by atoms with E-state index in [1.54, 1.807) is 0 Å². The van der Waals surface area contributed by atoms with E-state index < -0.39 is 0 Å². The lowest BCUT2D eigenvalue weighted by molar-refractivity contribution is -0.140. The van der Waals surface area contributed by atoms with Crippen LogP contribution < -0.4 is 16.0 Å². The Morgan fingerprint density at radius 2 is 0.705 bits per heavy atom. The summed E-state index contributed by atoms with van der Waals surface area (Å²) in [6.07, 6.45) is 42.8. The summed E-state index contributed by atoms with van der Waals surface area (Å²) in [4.78, 5) is 53.6. The highest BCUT2D eigenvalue weighted by Crippen LogP contribution is 2.23. The van der Waals surface area contributed by atoms with E-state index in [1.165, 1.54) is 151 Å². The van der Waals surface area contributed by atoms with Crippen molar-refractivity contribution in [2.45, 2.75) is 207 Å². The van der Waals surface area contributed by atoms with Crippen molar-refractivity contribution in [3.8, 4) is 0 Å². The minimum Gasteiger partial charge on any atom is -0.314 e. The first-order valence-corrected chi connectivity index (χ1v) is 25.8. The topological polar surface area (TPSA) is 111 Å². The Morgan fingerprint density at radius 1 is 0.426 bits per heavy atom. The lowest BCUT2D eigenvalue weighted by Gasteiger charge is -2.15. The molecule has 0 saturated carbocycles. The Kier molecular flexibility index (Phi) is 33.3. The molecule has 2 heterocycles. The molecule has 2 atom stereocenters. The quantitative estimate of drug-likeness (QED) is 0.0319. The first-order chi connectivity index (χ1) is 29.7. The molecule has 9 nitrogen and oxygen atoms in total. The van der Waals surface area contributed by atoms with Gasteiger partial charge in [0.1, 0.15) is 0 Å². The van der Waals surface area contributed by atoms with Gasteiger partial charge in [-0.15, -0.1) is 0 Å². The van der Waals surface area contributed by atoms with Crippen LogP contribution in [0.4, 0.5) is 0 Å². The lowest BCUT2D eigenvalue weighted by atomic mass is 10.0. The molecule has 0 spiro atoms. The molecule has 352 valence electrons. The van der Waals surface area contributed by atoms with Crippen molar-refractivity contribution in [1.82, 2.24) is 25.8 Å². The molecule has 2 unspecified atom stereocenters. The first kappa shape index (κ1) is 54.8. The van der Waals surface area contributed by atoms with Gasteiger partial charge < -0.3 is 16.0 Å². The molecule has 61 heavy (non-hydrogen) atoms. The SMILES string of the molecule is CC(C)CCCCCCCCCCCCCC=CC1CC(=O)N(CCNCCNCCNCCN2C(=O)CC(C=CCCCCCCCCCCCCCC(C)C)C2=O)C1=O. The fourth-order valence-corrected chi connectivity index (χ4v) is 8.63. The number of carbonyl (C=O) groups is 4. The zero-order chi connectivity index (χ0) is 44.2. The van der Waals surface area contributed by atoms with Gasteiger partial charge in [-0.25, -0.2) is 0 Å². The van der Waals surface area contributed by atoms with Crippen molar-refractivity contribution in [3.63, 3.8) is 0 Å². The zero-order valence-electron chi connectivity index (χ0n) is 40.1. The van der Waals surface area contributed by atoms with Crippen LogP contribution in [0.3, 0.4) is 0 Å². The van der Waals surface area contributed by atoms with Crippen LogP contribution >= 0.6 is 0 Å². The van der Waals surface area contributed by atoms with Crippen LogP contribution in [0, 0.1) is 23.7 Å². The van der Waals surface area contributed by atoms with Gasteiger partial charge in [-0.2, -0.15) is 0 Å². The molecule has 2 saturated heterocycles. The molecule has 2 fully saturated rings. The van der Waals surface area contributed by atoms with Gasteiger partial charge in [-0.1, -0.05) is 193 Å². The van der Waals surface area contributed by atoms with Crippen molar-refractivity contribution in [2.75, 3.05) is 52.4 Å². The molecular formula is C52H95N5O4. The van der Waals surface area contributed by atoms with Crippen molar-refractivity contribution >= 4 is 23.6 Å². The summed E-state index contributed by atoms with van der Waals surface area (Å²) in [7, 11) is 0. The fraction of sp³-hybridized carbons (Fsp3) is 0.846. The summed E-state index contributed by atoms with van der Waals surface area (Å²) >= 11 is 0. The summed E-state index contributed by atoms with van der Waals surface area (Å²) in [5.74, 6) is 0.808. The van der Waals surface area contributed by atoms with E-state index in [0.717, 1.165) is 63.7 Å². The number of unbranched alkanes of at least 4 members (excludes halogenated alkanes) is 22. The van der Waals surface area contributed by atoms with Gasteiger partial charge in [0.15, 0.2) is 0 Å². The van der Waals surface area contributed by atoms with Gasteiger partial charge in [0, 0.05) is 65.2 Å². The molecule has 2 aliphatic heterocycles. The van der Waals surface area contributed by atoms with E-state index in [-0.39, 0.29) is 35.5 Å². The van der Waals surface area contributed by atoms with Gasteiger partial charge in [0.2, 0.25) is 23.6 Å². The van der Waals surface area contributed by atoms with E-state index in [9.17, 15) is 19.2 Å². The molecular weight excluding hydrogens is 759 g/mol. The third kappa shape index (κ3) is 28.1. The normalized spacial score (nSPS) is 17.4. The minimum absolute atomic E-state index is 0.0634. The number of hydrogen-bond donors (Lipinski definition) is 3. The molecule has 2 rings (SSSR count). The molecule has 2 aliphatic rings. The number of imide groups is 2. The predicted octanol–water partition coefficient (Wildman–Crippen LogP) is 11.1. The second kappa shape index (κ2) is 37.1. The van der Waals surface area contributed by atoms with Crippen LogP contribution in [-0.4, -0.2) is 85.8 Å². The summed E-state index contributed by atoms with van der Waals surface area (Å²) in [5.41, 5.74) is 0. The minimum atomic E-state index is -0.305. The van der Waals surface area contributed by atoms with Crippen molar-refractivity contribution in [3.05, 3.63) is 24.3 Å². The number of nitrogens with zero attached hydrogens (tertiary/aromatic N) is 2. The van der Waals surface area contributed by atoms with Crippen molar-refractivity contribution < 1.29 is 19.2 Å². The second-order valence-corrected chi connectivity index (χ2v) is 19.2. The highest BCUT2D eigenvalue weighted by molar-refractivity contribution is 6.05. The number of rotatable bonds is 42. The largest absolute Gasteiger partial charge is 0.314 e. The van der Waals surface area contributed by atoms with E-state index >= 15 is 0 Å². The van der Waals surface area contributed by atoms with Gasteiger partial charge >= 0.3 is 0 Å². The average Bonchev–Trinajstić information content (AvgIpc) is 3.66. The predicted molar refractivity (Wildman–Crippen MR) is 256 cm³/mol. The standard InChI is InChI=1S/C52H95N5O4/c1-45(2)31-27-23-19-15-11-7-5-9-13-17-21-25-29-33-47-43-49(58)56(51(47)60)41-39-54-37-35-53-36-38-55-40-42-57-50(59)44-48(52(57)61)34-30-26-22-18-14-10-6-8-12-16-20-24-28-32-46(3)4/h29-30,33-34,45-48,53-55H,5-28,31-32,35-44H2,1-4H3. The number of carbonyl (C=O) groups excluding carboxylic acids is 4. The number of nitrogens with one attached hydrogen (secondary N) is 3. The maximum Gasteiger partial charge on any atom is 0.236 e. The van der Waals surface area contributed by atoms with Crippen LogP contribution in [0.5, 0.6) is 0 Å². The average molecular weight is 854 g/mol. The smallest absolute Gasteiger partial charge is 0.236 e. The van der Waals surface area contributed by atoms with Crippen LogP contribution in [0.15, 0.2) is 24.3 Å². The molecule has 0 bridgehead atoms. The summed E-state index contributed by atoms with van der Waals surface area (Å²) in [6, 6.07) is 0. The van der Waals surface area contributed by atoms with Crippen LogP contribution in [-0.2, 0) is 19.2 Å². The number of likely N-dealkylation sites (tertiary alicyclic amines) is 2.